The number of aromatic nitrogens is 3. The van der Waals surface area contributed by atoms with Crippen molar-refractivity contribution in [3.63, 3.8) is 0 Å². The summed E-state index contributed by atoms with van der Waals surface area (Å²) in [5.41, 5.74) is -0.636. The quantitative estimate of drug-likeness (QED) is 0.471. The molecule has 1 saturated heterocycles. The molecule has 0 unspecified atom stereocenters. The largest absolute Gasteiger partial charge is 0.355 e. The van der Waals surface area contributed by atoms with Gasteiger partial charge < -0.3 is 20.5 Å². The van der Waals surface area contributed by atoms with Crippen LogP contribution < -0.4 is 16.0 Å². The van der Waals surface area contributed by atoms with Crippen LogP contribution in [0.1, 0.15) is 35.6 Å². The van der Waals surface area contributed by atoms with Crippen molar-refractivity contribution in [2.24, 2.45) is 5.92 Å². The minimum absolute atomic E-state index is 0. The lowest BCUT2D eigenvalue weighted by atomic mass is 9.91. The number of carbonyl (C=O) groups is 2. The van der Waals surface area contributed by atoms with Crippen molar-refractivity contribution in [1.82, 2.24) is 31.1 Å². The first-order valence-electron chi connectivity index (χ1n) is 11.0. The van der Waals surface area contributed by atoms with E-state index in [1.54, 1.807) is 18.5 Å². The van der Waals surface area contributed by atoms with Gasteiger partial charge in [-0.15, -0.1) is 12.4 Å². The highest BCUT2D eigenvalue weighted by atomic mass is 35.5. The van der Waals surface area contributed by atoms with Gasteiger partial charge in [0.2, 0.25) is 5.91 Å². The highest BCUT2D eigenvalue weighted by molar-refractivity contribution is 5.94. The van der Waals surface area contributed by atoms with E-state index in [4.69, 9.17) is 4.52 Å². The standard InChI is InChI=1S/C23H22F2N6O3.ClH/c24-13-2-3-14(16(25)10-13)19-11-18(31-34-19)21(33)29-17-4-9-26-12-15(17)20(32)30-23(5-6-23)22-27-7-1-8-28-22;/h1-3,7-8,10-11,15,17,26H,4-6,9,12H2,(H,29,33)(H,30,32);1H/t15-,17-;/m1./s1. The van der Waals surface area contributed by atoms with Crippen molar-refractivity contribution in [2.45, 2.75) is 30.8 Å². The summed E-state index contributed by atoms with van der Waals surface area (Å²) in [7, 11) is 0. The molecule has 2 amide bonds. The molecule has 35 heavy (non-hydrogen) atoms. The molecule has 184 valence electrons. The fourth-order valence-corrected chi connectivity index (χ4v) is 4.15. The molecule has 1 aliphatic heterocycles. The Hall–Kier alpha value is -3.44. The van der Waals surface area contributed by atoms with Crippen molar-refractivity contribution in [3.05, 3.63) is 65.9 Å². The number of halogens is 3. The van der Waals surface area contributed by atoms with Crippen LogP contribution in [0.3, 0.4) is 0 Å². The minimum atomic E-state index is -0.824. The van der Waals surface area contributed by atoms with E-state index in [1.165, 1.54) is 12.1 Å². The van der Waals surface area contributed by atoms with Crippen LogP contribution in [0.5, 0.6) is 0 Å². The first kappa shape index (κ1) is 24.7. The van der Waals surface area contributed by atoms with Gasteiger partial charge in [0.05, 0.1) is 17.0 Å². The predicted octanol–water partition coefficient (Wildman–Crippen LogP) is 2.35. The summed E-state index contributed by atoms with van der Waals surface area (Å²) in [6.45, 7) is 1.03. The second-order valence-electron chi connectivity index (χ2n) is 8.52. The molecule has 0 radical (unpaired) electrons. The summed E-state index contributed by atoms with van der Waals surface area (Å²) >= 11 is 0. The van der Waals surface area contributed by atoms with E-state index in [-0.39, 0.29) is 35.3 Å². The first-order valence-corrected chi connectivity index (χ1v) is 11.0. The van der Waals surface area contributed by atoms with Gasteiger partial charge in [0.25, 0.3) is 5.91 Å². The minimum Gasteiger partial charge on any atom is -0.355 e. The van der Waals surface area contributed by atoms with Crippen molar-refractivity contribution < 1.29 is 22.9 Å². The van der Waals surface area contributed by atoms with Crippen LogP contribution in [0.4, 0.5) is 8.78 Å². The topological polar surface area (TPSA) is 122 Å². The Morgan fingerprint density at radius 3 is 2.63 bits per heavy atom. The van der Waals surface area contributed by atoms with Crippen LogP contribution in [-0.4, -0.2) is 46.1 Å². The molecule has 12 heteroatoms. The van der Waals surface area contributed by atoms with E-state index in [0.29, 0.717) is 25.3 Å². The van der Waals surface area contributed by atoms with Crippen molar-refractivity contribution in [3.8, 4) is 11.3 Å². The summed E-state index contributed by atoms with van der Waals surface area (Å²) in [5.74, 6) is -2.22. The third-order valence-corrected chi connectivity index (χ3v) is 6.18. The van der Waals surface area contributed by atoms with Crippen LogP contribution in [-0.2, 0) is 10.3 Å². The maximum absolute atomic E-state index is 14.0. The van der Waals surface area contributed by atoms with Crippen LogP contribution in [0.2, 0.25) is 0 Å². The molecule has 3 N–H and O–H groups in total. The molecular formula is C23H23ClF2N6O3. The Balaban J connectivity index is 0.00000289. The highest BCUT2D eigenvalue weighted by Crippen LogP contribution is 2.43. The lowest BCUT2D eigenvalue weighted by Crippen LogP contribution is -2.56. The van der Waals surface area contributed by atoms with Crippen LogP contribution in [0.15, 0.2) is 47.2 Å². The Morgan fingerprint density at radius 1 is 1.14 bits per heavy atom. The smallest absolute Gasteiger partial charge is 0.273 e. The molecule has 2 aliphatic rings. The Bertz CT molecular complexity index is 1220. The second-order valence-corrected chi connectivity index (χ2v) is 8.52. The Kier molecular flexibility index (Phi) is 7.08. The van der Waals surface area contributed by atoms with Crippen molar-refractivity contribution in [1.29, 1.82) is 0 Å². The second kappa shape index (κ2) is 10.0. The van der Waals surface area contributed by atoms with Crippen LogP contribution >= 0.6 is 12.4 Å². The summed E-state index contributed by atoms with van der Waals surface area (Å²) in [6, 6.07) is 5.59. The average molecular weight is 505 g/mol. The molecule has 9 nitrogen and oxygen atoms in total. The van der Waals surface area contributed by atoms with E-state index in [2.05, 4.69) is 31.1 Å². The van der Waals surface area contributed by atoms with Gasteiger partial charge in [0, 0.05) is 37.1 Å². The molecule has 1 aromatic carbocycles. The van der Waals surface area contributed by atoms with Gasteiger partial charge in [-0.2, -0.15) is 0 Å². The fraction of sp³-hybridized carbons (Fsp3) is 0.348. The number of nitrogens with zero attached hydrogens (tertiary/aromatic N) is 3. The number of rotatable bonds is 6. The van der Waals surface area contributed by atoms with Gasteiger partial charge in [0.1, 0.15) is 11.6 Å². The van der Waals surface area contributed by atoms with E-state index >= 15 is 0 Å². The molecule has 2 fully saturated rings. The zero-order chi connectivity index (χ0) is 23.7. The maximum atomic E-state index is 14.0. The van der Waals surface area contributed by atoms with Gasteiger partial charge in [-0.05, 0) is 44.0 Å². The Labute approximate surface area is 205 Å². The lowest BCUT2D eigenvalue weighted by molar-refractivity contribution is -0.127. The number of piperidine rings is 1. The summed E-state index contributed by atoms with van der Waals surface area (Å²) < 4.78 is 32.3. The van der Waals surface area contributed by atoms with Gasteiger partial charge in [-0.25, -0.2) is 18.7 Å². The van der Waals surface area contributed by atoms with Crippen LogP contribution in [0.25, 0.3) is 11.3 Å². The number of benzene rings is 1. The van der Waals surface area contributed by atoms with Crippen molar-refractivity contribution >= 4 is 24.2 Å². The number of carbonyl (C=O) groups excluding carboxylic acids is 2. The van der Waals surface area contributed by atoms with E-state index in [0.717, 1.165) is 25.0 Å². The van der Waals surface area contributed by atoms with Crippen LogP contribution in [0, 0.1) is 17.6 Å². The normalized spacial score (nSPS) is 20.4. The zero-order valence-corrected chi connectivity index (χ0v) is 19.3. The summed E-state index contributed by atoms with van der Waals surface area (Å²) in [5, 5.41) is 12.8. The number of amides is 2. The number of hydrogen-bond acceptors (Lipinski definition) is 7. The average Bonchev–Trinajstić information content (AvgIpc) is 3.45. The fourth-order valence-electron chi connectivity index (χ4n) is 4.15. The molecule has 3 heterocycles. The highest BCUT2D eigenvalue weighted by Gasteiger charge is 2.50. The lowest BCUT2D eigenvalue weighted by Gasteiger charge is -2.32. The summed E-state index contributed by atoms with van der Waals surface area (Å²) in [6.07, 6.45) is 5.33. The van der Waals surface area contributed by atoms with Crippen molar-refractivity contribution in [2.75, 3.05) is 13.1 Å². The molecule has 5 rings (SSSR count). The van der Waals surface area contributed by atoms with E-state index in [9.17, 15) is 18.4 Å². The SMILES string of the molecule is Cl.O=C(N[C@@H]1CCNC[C@H]1C(=O)NC1(c2ncccn2)CC1)c1cc(-c2ccc(F)cc2F)on1. The van der Waals surface area contributed by atoms with Gasteiger partial charge in [-0.1, -0.05) is 5.16 Å². The Morgan fingerprint density at radius 2 is 1.91 bits per heavy atom. The van der Waals surface area contributed by atoms with Gasteiger partial charge >= 0.3 is 0 Å². The van der Waals surface area contributed by atoms with E-state index in [1.807, 2.05) is 0 Å². The predicted molar refractivity (Wildman–Crippen MR) is 122 cm³/mol. The summed E-state index contributed by atoms with van der Waals surface area (Å²) in [4.78, 5) is 34.5. The molecule has 2 aromatic heterocycles. The molecule has 1 saturated carbocycles. The number of hydrogen-bond donors (Lipinski definition) is 3. The van der Waals surface area contributed by atoms with Gasteiger partial charge in [0.15, 0.2) is 17.3 Å². The molecule has 2 atom stereocenters. The molecule has 0 spiro atoms. The third-order valence-electron chi connectivity index (χ3n) is 6.18. The molecular weight excluding hydrogens is 482 g/mol. The molecule has 3 aromatic rings. The molecule has 0 bridgehead atoms. The maximum Gasteiger partial charge on any atom is 0.273 e. The monoisotopic (exact) mass is 504 g/mol. The zero-order valence-electron chi connectivity index (χ0n) is 18.5. The van der Waals surface area contributed by atoms with Gasteiger partial charge in [-0.3, -0.25) is 9.59 Å². The first-order chi connectivity index (χ1) is 16.4. The van der Waals surface area contributed by atoms with E-state index < -0.39 is 35.0 Å². The molecule has 1 aliphatic carbocycles. The third kappa shape index (κ3) is 5.15. The number of nitrogens with one attached hydrogen (secondary N) is 3.